The summed E-state index contributed by atoms with van der Waals surface area (Å²) in [6, 6.07) is 4.12. The van der Waals surface area contributed by atoms with Crippen molar-refractivity contribution < 1.29 is 13.9 Å². The minimum atomic E-state index is -0.655. The summed E-state index contributed by atoms with van der Waals surface area (Å²) in [4.78, 5) is 12.3. The van der Waals surface area contributed by atoms with Crippen LogP contribution in [0.3, 0.4) is 0 Å². The highest BCUT2D eigenvalue weighted by Gasteiger charge is 2.40. The van der Waals surface area contributed by atoms with E-state index in [1.54, 1.807) is 13.2 Å². The number of halogens is 2. The van der Waals surface area contributed by atoms with Crippen LogP contribution < -0.4 is 0 Å². The Hall–Kier alpha value is -0.930. The number of carbonyl (C=O) groups is 1. The van der Waals surface area contributed by atoms with Gasteiger partial charge in [0, 0.05) is 18.6 Å². The van der Waals surface area contributed by atoms with Crippen LogP contribution in [0.5, 0.6) is 0 Å². The molecule has 0 unspecified atom stereocenters. The molecule has 0 atom stereocenters. The predicted octanol–water partition coefficient (Wildman–Crippen LogP) is 3.55. The van der Waals surface area contributed by atoms with Gasteiger partial charge in [-0.3, -0.25) is 4.79 Å². The summed E-state index contributed by atoms with van der Waals surface area (Å²) in [7, 11) is 1.58. The van der Waals surface area contributed by atoms with Crippen LogP contribution in [0.25, 0.3) is 0 Å². The SMILES string of the molecule is COC1(C(=O)Cc2ccc(F)cc2Cl)CCCC1. The highest BCUT2D eigenvalue weighted by molar-refractivity contribution is 6.31. The Labute approximate surface area is 111 Å². The molecule has 0 spiro atoms. The lowest BCUT2D eigenvalue weighted by Crippen LogP contribution is -2.38. The Bertz CT molecular complexity index is 453. The van der Waals surface area contributed by atoms with E-state index in [0.29, 0.717) is 10.6 Å². The van der Waals surface area contributed by atoms with Crippen molar-refractivity contribution in [1.82, 2.24) is 0 Å². The number of rotatable bonds is 4. The number of methoxy groups -OCH3 is 1. The summed E-state index contributed by atoms with van der Waals surface area (Å²) in [5, 5.41) is 0.299. The number of ether oxygens (including phenoxy) is 1. The summed E-state index contributed by atoms with van der Waals surface area (Å²) in [5.74, 6) is -0.352. The first kappa shape index (κ1) is 13.5. The van der Waals surface area contributed by atoms with E-state index < -0.39 is 11.4 Å². The van der Waals surface area contributed by atoms with E-state index in [1.807, 2.05) is 0 Å². The molecule has 0 aliphatic heterocycles. The number of ketones is 1. The average Bonchev–Trinajstić information content (AvgIpc) is 2.82. The summed E-state index contributed by atoms with van der Waals surface area (Å²) < 4.78 is 18.4. The molecule has 1 aromatic rings. The third-order valence-electron chi connectivity index (χ3n) is 3.68. The Balaban J connectivity index is 2.15. The Morgan fingerprint density at radius 2 is 2.11 bits per heavy atom. The number of carbonyl (C=O) groups excluding carboxylic acids is 1. The van der Waals surface area contributed by atoms with Gasteiger partial charge < -0.3 is 4.74 Å². The maximum atomic E-state index is 12.9. The van der Waals surface area contributed by atoms with Crippen molar-refractivity contribution in [3.63, 3.8) is 0 Å². The standard InChI is InChI=1S/C14H16ClFO2/c1-18-14(6-2-3-7-14)13(17)8-10-4-5-11(16)9-12(10)15/h4-5,9H,2-3,6-8H2,1H3. The van der Waals surface area contributed by atoms with Gasteiger partial charge in [-0.25, -0.2) is 4.39 Å². The monoisotopic (exact) mass is 270 g/mol. The van der Waals surface area contributed by atoms with Crippen LogP contribution in [0.1, 0.15) is 31.2 Å². The summed E-state index contributed by atoms with van der Waals surface area (Å²) in [6.45, 7) is 0. The van der Waals surface area contributed by atoms with Crippen LogP contribution in [0.2, 0.25) is 5.02 Å². The first-order valence-corrected chi connectivity index (χ1v) is 6.47. The molecule has 0 aromatic heterocycles. The van der Waals surface area contributed by atoms with Gasteiger partial charge in [-0.1, -0.05) is 17.7 Å². The highest BCUT2D eigenvalue weighted by Crippen LogP contribution is 2.35. The maximum Gasteiger partial charge on any atom is 0.169 e. The van der Waals surface area contributed by atoms with Crippen molar-refractivity contribution in [3.05, 3.63) is 34.6 Å². The molecule has 0 N–H and O–H groups in total. The molecule has 1 aromatic carbocycles. The molecule has 98 valence electrons. The smallest absolute Gasteiger partial charge is 0.169 e. The molecular weight excluding hydrogens is 255 g/mol. The number of benzene rings is 1. The largest absolute Gasteiger partial charge is 0.370 e. The first-order valence-electron chi connectivity index (χ1n) is 6.10. The van der Waals surface area contributed by atoms with Crippen molar-refractivity contribution in [2.45, 2.75) is 37.7 Å². The Kier molecular flexibility index (Phi) is 4.03. The first-order chi connectivity index (χ1) is 8.57. The lowest BCUT2D eigenvalue weighted by atomic mass is 9.91. The van der Waals surface area contributed by atoms with Gasteiger partial charge in [-0.2, -0.15) is 0 Å². The minimum absolute atomic E-state index is 0.0380. The van der Waals surface area contributed by atoms with E-state index in [4.69, 9.17) is 16.3 Å². The molecule has 2 nitrogen and oxygen atoms in total. The second-order valence-corrected chi connectivity index (χ2v) is 5.15. The van der Waals surface area contributed by atoms with Gasteiger partial charge in [0.05, 0.1) is 0 Å². The zero-order valence-electron chi connectivity index (χ0n) is 10.3. The van der Waals surface area contributed by atoms with Crippen LogP contribution in [-0.2, 0) is 16.0 Å². The van der Waals surface area contributed by atoms with Crippen molar-refractivity contribution >= 4 is 17.4 Å². The lowest BCUT2D eigenvalue weighted by Gasteiger charge is -2.25. The Morgan fingerprint density at radius 3 is 2.67 bits per heavy atom. The second-order valence-electron chi connectivity index (χ2n) is 4.74. The van der Waals surface area contributed by atoms with E-state index in [-0.39, 0.29) is 12.2 Å². The topological polar surface area (TPSA) is 26.3 Å². The van der Waals surface area contributed by atoms with Gasteiger partial charge in [-0.05, 0) is 43.4 Å². The van der Waals surface area contributed by atoms with Crippen LogP contribution in [0.4, 0.5) is 4.39 Å². The molecule has 18 heavy (non-hydrogen) atoms. The fourth-order valence-corrected chi connectivity index (χ4v) is 2.78. The predicted molar refractivity (Wildman–Crippen MR) is 68.3 cm³/mol. The lowest BCUT2D eigenvalue weighted by molar-refractivity contribution is -0.139. The molecule has 1 aliphatic carbocycles. The van der Waals surface area contributed by atoms with Crippen molar-refractivity contribution in [2.75, 3.05) is 7.11 Å². The number of hydrogen-bond acceptors (Lipinski definition) is 2. The zero-order valence-corrected chi connectivity index (χ0v) is 11.1. The van der Waals surface area contributed by atoms with Crippen LogP contribution in [-0.4, -0.2) is 18.5 Å². The summed E-state index contributed by atoms with van der Waals surface area (Å²) in [6.07, 6.45) is 3.75. The van der Waals surface area contributed by atoms with Crippen LogP contribution in [0, 0.1) is 5.82 Å². The van der Waals surface area contributed by atoms with Gasteiger partial charge >= 0.3 is 0 Å². The van der Waals surface area contributed by atoms with Gasteiger partial charge in [0.2, 0.25) is 0 Å². The molecule has 1 fully saturated rings. The molecule has 1 aliphatic rings. The highest BCUT2D eigenvalue weighted by atomic mass is 35.5. The molecule has 2 rings (SSSR count). The van der Waals surface area contributed by atoms with E-state index in [9.17, 15) is 9.18 Å². The molecule has 0 saturated heterocycles. The molecular formula is C14H16ClFO2. The van der Waals surface area contributed by atoms with Crippen LogP contribution in [0.15, 0.2) is 18.2 Å². The molecule has 0 radical (unpaired) electrons. The number of Topliss-reactive ketones (excluding diaryl/α,β-unsaturated/α-hetero) is 1. The normalized spacial score (nSPS) is 17.9. The quantitative estimate of drug-likeness (QED) is 0.836. The van der Waals surface area contributed by atoms with Gasteiger partial charge in [0.25, 0.3) is 0 Å². The van der Waals surface area contributed by atoms with Gasteiger partial charge in [0.15, 0.2) is 5.78 Å². The second kappa shape index (κ2) is 5.37. The van der Waals surface area contributed by atoms with Crippen molar-refractivity contribution in [2.24, 2.45) is 0 Å². The maximum absolute atomic E-state index is 12.9. The van der Waals surface area contributed by atoms with Gasteiger partial charge in [-0.15, -0.1) is 0 Å². The molecule has 0 heterocycles. The fourth-order valence-electron chi connectivity index (χ4n) is 2.54. The van der Waals surface area contributed by atoms with Crippen molar-refractivity contribution in [1.29, 1.82) is 0 Å². The van der Waals surface area contributed by atoms with E-state index in [0.717, 1.165) is 25.7 Å². The minimum Gasteiger partial charge on any atom is -0.370 e. The molecule has 0 amide bonds. The molecule has 0 bridgehead atoms. The summed E-state index contributed by atoms with van der Waals surface area (Å²) >= 11 is 5.94. The zero-order chi connectivity index (χ0) is 13.2. The van der Waals surface area contributed by atoms with Crippen molar-refractivity contribution in [3.8, 4) is 0 Å². The number of hydrogen-bond donors (Lipinski definition) is 0. The average molecular weight is 271 g/mol. The van der Waals surface area contributed by atoms with Gasteiger partial charge in [0.1, 0.15) is 11.4 Å². The van der Waals surface area contributed by atoms with Crippen LogP contribution >= 0.6 is 11.6 Å². The van der Waals surface area contributed by atoms with E-state index >= 15 is 0 Å². The summed E-state index contributed by atoms with van der Waals surface area (Å²) in [5.41, 5.74) is 0.00365. The third-order valence-corrected chi connectivity index (χ3v) is 4.03. The fraction of sp³-hybridized carbons (Fsp3) is 0.500. The third kappa shape index (κ3) is 2.57. The van der Waals surface area contributed by atoms with E-state index in [1.165, 1.54) is 12.1 Å². The van der Waals surface area contributed by atoms with E-state index in [2.05, 4.69) is 0 Å². The molecule has 4 heteroatoms. The Morgan fingerprint density at radius 1 is 1.44 bits per heavy atom. The molecule has 1 saturated carbocycles.